The van der Waals surface area contributed by atoms with Crippen LogP contribution in [0.3, 0.4) is 0 Å². The Morgan fingerprint density at radius 3 is 2.47 bits per heavy atom. The maximum Gasteiger partial charge on any atom is 0.416 e. The Kier molecular flexibility index (Phi) is 6.50. The van der Waals surface area contributed by atoms with Crippen molar-refractivity contribution in [3.8, 4) is 0 Å². The number of aromatic nitrogens is 2. The molecule has 0 fully saturated rings. The molecule has 0 aliphatic rings. The van der Waals surface area contributed by atoms with Gasteiger partial charge in [0.05, 0.1) is 21.7 Å². The van der Waals surface area contributed by atoms with Gasteiger partial charge < -0.3 is 5.32 Å². The molecule has 0 saturated heterocycles. The molecule has 158 valence electrons. The zero-order chi connectivity index (χ0) is 21.9. The van der Waals surface area contributed by atoms with Gasteiger partial charge in [0.25, 0.3) is 5.56 Å². The van der Waals surface area contributed by atoms with E-state index in [2.05, 4.69) is 10.3 Å². The molecule has 0 bridgehead atoms. The second kappa shape index (κ2) is 8.91. The Morgan fingerprint density at radius 1 is 1.17 bits per heavy atom. The molecule has 0 radical (unpaired) electrons. The Hall–Kier alpha value is -2.81. The first kappa shape index (κ1) is 21.9. The fraction of sp³-hybridized carbons (Fsp3) is 0.286. The first-order valence-corrected chi connectivity index (χ1v) is 10.2. The van der Waals surface area contributed by atoms with Crippen molar-refractivity contribution in [1.29, 1.82) is 0 Å². The number of benzene rings is 2. The molecular formula is C21H20F3N3O2S. The summed E-state index contributed by atoms with van der Waals surface area (Å²) in [5.74, 6) is -0.398. The molecule has 0 spiro atoms. The first-order valence-electron chi connectivity index (χ1n) is 9.35. The summed E-state index contributed by atoms with van der Waals surface area (Å²) < 4.78 is 39.6. The van der Waals surface area contributed by atoms with Crippen LogP contribution in [0.4, 0.5) is 18.9 Å². The van der Waals surface area contributed by atoms with Crippen molar-refractivity contribution in [3.05, 3.63) is 64.4 Å². The second-order valence-electron chi connectivity index (χ2n) is 6.69. The van der Waals surface area contributed by atoms with Crippen LogP contribution in [-0.2, 0) is 17.5 Å². The molecule has 9 heteroatoms. The minimum absolute atomic E-state index is 0.166. The highest BCUT2D eigenvalue weighted by atomic mass is 32.2. The van der Waals surface area contributed by atoms with E-state index >= 15 is 0 Å². The molecule has 1 amide bonds. The molecular weight excluding hydrogens is 415 g/mol. The topological polar surface area (TPSA) is 64.0 Å². The third kappa shape index (κ3) is 4.84. The van der Waals surface area contributed by atoms with Crippen LogP contribution >= 0.6 is 11.8 Å². The van der Waals surface area contributed by atoms with E-state index in [9.17, 15) is 22.8 Å². The van der Waals surface area contributed by atoms with Crippen LogP contribution in [-0.4, -0.2) is 20.7 Å². The number of alkyl halides is 3. The van der Waals surface area contributed by atoms with Crippen molar-refractivity contribution in [2.75, 3.05) is 5.32 Å². The summed E-state index contributed by atoms with van der Waals surface area (Å²) in [7, 11) is 0. The van der Waals surface area contributed by atoms with Gasteiger partial charge in [0.15, 0.2) is 5.16 Å². The summed E-state index contributed by atoms with van der Waals surface area (Å²) in [5.41, 5.74) is -0.141. The van der Waals surface area contributed by atoms with Gasteiger partial charge in [0.2, 0.25) is 5.91 Å². The molecule has 2 aromatic carbocycles. The van der Waals surface area contributed by atoms with E-state index in [1.54, 1.807) is 35.8 Å². The fourth-order valence-electron chi connectivity index (χ4n) is 2.86. The Labute approximate surface area is 175 Å². The molecule has 0 saturated carbocycles. The number of nitrogens with zero attached hydrogens (tertiary/aromatic N) is 2. The number of para-hydroxylation sites is 1. The van der Waals surface area contributed by atoms with Crippen molar-refractivity contribution in [2.24, 2.45) is 0 Å². The third-order valence-corrected chi connectivity index (χ3v) is 5.50. The van der Waals surface area contributed by atoms with Gasteiger partial charge in [-0.2, -0.15) is 13.2 Å². The van der Waals surface area contributed by atoms with Crippen LogP contribution < -0.4 is 10.9 Å². The standard InChI is InChI=1S/C21H20F3N3O2S/c1-3-12-27-19(29)16-6-4-5-7-17(16)26-20(27)30-13(2)18(28)25-15-10-8-14(9-11-15)21(22,23)24/h4-11,13H,3,12H2,1-2H3,(H,25,28). The predicted molar refractivity (Wildman–Crippen MR) is 112 cm³/mol. The highest BCUT2D eigenvalue weighted by Gasteiger charge is 2.30. The lowest BCUT2D eigenvalue weighted by Crippen LogP contribution is -2.27. The first-order chi connectivity index (χ1) is 14.2. The summed E-state index contributed by atoms with van der Waals surface area (Å²) in [6.45, 7) is 4.06. The van der Waals surface area contributed by atoms with Gasteiger partial charge in [-0.15, -0.1) is 0 Å². The highest BCUT2D eigenvalue weighted by molar-refractivity contribution is 8.00. The van der Waals surface area contributed by atoms with Gasteiger partial charge in [-0.3, -0.25) is 14.2 Å². The lowest BCUT2D eigenvalue weighted by atomic mass is 10.2. The van der Waals surface area contributed by atoms with Crippen molar-refractivity contribution in [3.63, 3.8) is 0 Å². The molecule has 30 heavy (non-hydrogen) atoms. The molecule has 1 heterocycles. The predicted octanol–water partition coefficient (Wildman–Crippen LogP) is 4.94. The van der Waals surface area contributed by atoms with E-state index in [0.29, 0.717) is 22.6 Å². The number of hydrogen-bond acceptors (Lipinski definition) is 4. The normalized spacial score (nSPS) is 12.7. The van der Waals surface area contributed by atoms with Crippen LogP contribution in [0.15, 0.2) is 58.5 Å². The van der Waals surface area contributed by atoms with Crippen LogP contribution in [0, 0.1) is 0 Å². The second-order valence-corrected chi connectivity index (χ2v) is 8.00. The van der Waals surface area contributed by atoms with Crippen LogP contribution in [0.1, 0.15) is 25.8 Å². The number of amides is 1. The maximum atomic E-state index is 12.8. The van der Waals surface area contributed by atoms with E-state index in [4.69, 9.17) is 0 Å². The monoisotopic (exact) mass is 435 g/mol. The number of halogens is 3. The largest absolute Gasteiger partial charge is 0.416 e. The SMILES string of the molecule is CCCn1c(SC(C)C(=O)Nc2ccc(C(F)(F)F)cc2)nc2ccccc2c1=O. The number of rotatable bonds is 6. The average molecular weight is 435 g/mol. The number of thioether (sulfide) groups is 1. The van der Waals surface area contributed by atoms with Crippen LogP contribution in [0.25, 0.3) is 10.9 Å². The van der Waals surface area contributed by atoms with E-state index in [1.807, 2.05) is 6.92 Å². The highest BCUT2D eigenvalue weighted by Crippen LogP contribution is 2.30. The number of nitrogens with one attached hydrogen (secondary N) is 1. The van der Waals surface area contributed by atoms with Crippen LogP contribution in [0.5, 0.6) is 0 Å². The zero-order valence-electron chi connectivity index (χ0n) is 16.4. The van der Waals surface area contributed by atoms with E-state index < -0.39 is 22.9 Å². The average Bonchev–Trinajstić information content (AvgIpc) is 2.70. The summed E-state index contributed by atoms with van der Waals surface area (Å²) in [6.07, 6.45) is -3.71. The van der Waals surface area contributed by atoms with Gasteiger partial charge in [0, 0.05) is 12.2 Å². The van der Waals surface area contributed by atoms with Gasteiger partial charge in [-0.05, 0) is 49.7 Å². The van der Waals surface area contributed by atoms with Gasteiger partial charge in [-0.1, -0.05) is 30.8 Å². The molecule has 0 aliphatic carbocycles. The molecule has 1 unspecified atom stereocenters. The molecule has 5 nitrogen and oxygen atoms in total. The third-order valence-electron chi connectivity index (χ3n) is 4.40. The number of carbonyl (C=O) groups excluding carboxylic acids is 1. The summed E-state index contributed by atoms with van der Waals surface area (Å²) in [6, 6.07) is 11.3. The molecule has 1 aromatic heterocycles. The van der Waals surface area contributed by atoms with E-state index in [1.165, 1.54) is 12.1 Å². The van der Waals surface area contributed by atoms with Crippen LogP contribution in [0.2, 0.25) is 0 Å². The summed E-state index contributed by atoms with van der Waals surface area (Å²) in [4.78, 5) is 29.9. The van der Waals surface area contributed by atoms with Crippen molar-refractivity contribution >= 4 is 34.3 Å². The maximum absolute atomic E-state index is 12.8. The molecule has 0 aliphatic heterocycles. The van der Waals surface area contributed by atoms with E-state index in [-0.39, 0.29) is 11.2 Å². The zero-order valence-corrected chi connectivity index (χ0v) is 17.2. The summed E-state index contributed by atoms with van der Waals surface area (Å²) >= 11 is 1.13. The van der Waals surface area contributed by atoms with Gasteiger partial charge in [0.1, 0.15) is 0 Å². The van der Waals surface area contributed by atoms with Gasteiger partial charge in [-0.25, -0.2) is 4.98 Å². The van der Waals surface area contributed by atoms with Gasteiger partial charge >= 0.3 is 6.18 Å². The quantitative estimate of drug-likeness (QED) is 0.440. The lowest BCUT2D eigenvalue weighted by molar-refractivity contribution is -0.137. The number of fused-ring (bicyclic) bond motifs is 1. The Balaban J connectivity index is 1.80. The molecule has 1 atom stereocenters. The minimum atomic E-state index is -4.43. The minimum Gasteiger partial charge on any atom is -0.325 e. The van der Waals surface area contributed by atoms with Crippen molar-refractivity contribution in [2.45, 2.75) is 43.4 Å². The Bertz CT molecular complexity index is 1110. The Morgan fingerprint density at radius 2 is 1.83 bits per heavy atom. The lowest BCUT2D eigenvalue weighted by Gasteiger charge is -2.16. The molecule has 1 N–H and O–H groups in total. The molecule has 3 aromatic rings. The van der Waals surface area contributed by atoms with Crippen molar-refractivity contribution in [1.82, 2.24) is 9.55 Å². The number of hydrogen-bond donors (Lipinski definition) is 1. The smallest absolute Gasteiger partial charge is 0.325 e. The fourth-order valence-corrected chi connectivity index (χ4v) is 3.79. The number of carbonyl (C=O) groups is 1. The molecule has 3 rings (SSSR count). The van der Waals surface area contributed by atoms with Crippen molar-refractivity contribution < 1.29 is 18.0 Å². The number of anilines is 1. The van der Waals surface area contributed by atoms with E-state index in [0.717, 1.165) is 30.3 Å². The summed E-state index contributed by atoms with van der Waals surface area (Å²) in [5, 5.41) is 2.92.